The number of alkyl carbamates (subject to hydrolysis) is 1. The van der Waals surface area contributed by atoms with E-state index in [0.717, 1.165) is 31.9 Å². The lowest BCUT2D eigenvalue weighted by Crippen LogP contribution is -2.48. The fraction of sp³-hybridized carbons (Fsp3) is 0.636. The van der Waals surface area contributed by atoms with E-state index < -0.39 is 17.4 Å². The Hall–Kier alpha value is -4.47. The van der Waals surface area contributed by atoms with Gasteiger partial charge in [-0.15, -0.1) is 0 Å². The Bertz CT molecular complexity index is 1720. The molecule has 3 heterocycles. The Balaban J connectivity index is 0.000000431. The summed E-state index contributed by atoms with van der Waals surface area (Å²) in [4.78, 5) is 72.8. The zero-order valence-electron chi connectivity index (χ0n) is 37.0. The number of hydrogen-bond acceptors (Lipinski definition) is 10. The van der Waals surface area contributed by atoms with Crippen molar-refractivity contribution < 1.29 is 53.2 Å². The van der Waals surface area contributed by atoms with Gasteiger partial charge in [0.1, 0.15) is 17.9 Å². The topological polar surface area (TPSA) is 204 Å². The van der Waals surface area contributed by atoms with Crippen molar-refractivity contribution in [2.75, 3.05) is 34.9 Å². The molecule has 60 heavy (non-hydrogen) atoms. The molecular weight excluding hydrogens is 796 g/mol. The highest BCUT2D eigenvalue weighted by Gasteiger charge is 2.57. The third-order valence-corrected chi connectivity index (χ3v) is 11.5. The molecule has 16 heteroatoms. The number of carbonyl (C=O) groups excluding carboxylic acids is 5. The van der Waals surface area contributed by atoms with Crippen LogP contribution in [0.25, 0.3) is 0 Å². The van der Waals surface area contributed by atoms with E-state index in [-0.39, 0.29) is 72.3 Å². The zero-order valence-corrected chi connectivity index (χ0v) is 37.7. The maximum Gasteiger partial charge on any atom is 0.407 e. The Morgan fingerprint density at radius 2 is 1.80 bits per heavy atom. The molecule has 4 N–H and O–H groups in total. The van der Waals surface area contributed by atoms with Gasteiger partial charge in [-0.1, -0.05) is 68.7 Å². The molecule has 0 bridgehead atoms. The van der Waals surface area contributed by atoms with Crippen LogP contribution in [0.5, 0.6) is 5.75 Å². The molecule has 15 nitrogen and oxygen atoms in total. The van der Waals surface area contributed by atoms with Crippen molar-refractivity contribution in [3.8, 4) is 5.75 Å². The summed E-state index contributed by atoms with van der Waals surface area (Å²) in [5.41, 5.74) is 1.39. The van der Waals surface area contributed by atoms with Gasteiger partial charge in [-0.05, 0) is 70.6 Å². The summed E-state index contributed by atoms with van der Waals surface area (Å²) in [6, 6.07) is 4.96. The first kappa shape index (κ1) is 51.7. The number of aliphatic hydroxyl groups is 1. The third kappa shape index (κ3) is 15.5. The van der Waals surface area contributed by atoms with Gasteiger partial charge in [-0.2, -0.15) is 0 Å². The van der Waals surface area contributed by atoms with Gasteiger partial charge in [0, 0.05) is 65.4 Å². The highest BCUT2D eigenvalue weighted by Crippen LogP contribution is 2.47. The number of likely N-dealkylation sites (N-methyl/N-ethyl adjacent to an activating group) is 1. The molecule has 5 amide bonds. The molecule has 6 atom stereocenters. The number of nitrogens with one attached hydrogen (secondary N) is 2. The maximum absolute atomic E-state index is 12.2. The second-order valence-corrected chi connectivity index (χ2v) is 16.9. The second-order valence-electron chi connectivity index (χ2n) is 16.5. The molecule has 0 aromatic heterocycles. The molecule has 3 fully saturated rings. The summed E-state index contributed by atoms with van der Waals surface area (Å²) >= 11 is 6.10. The third-order valence-electron chi connectivity index (χ3n) is 11.2. The predicted molar refractivity (Wildman–Crippen MR) is 228 cm³/mol. The number of unbranched alkanes of at least 4 members (excludes halogenated alkanes) is 2. The van der Waals surface area contributed by atoms with Gasteiger partial charge in [0.15, 0.2) is 0 Å². The first-order valence-corrected chi connectivity index (χ1v) is 20.9. The monoisotopic (exact) mass is 862 g/mol. The number of imide groups is 1. The van der Waals surface area contributed by atoms with Crippen LogP contribution in [-0.4, -0.2) is 120 Å². The van der Waals surface area contributed by atoms with Crippen LogP contribution in [-0.2, 0) is 39.9 Å². The standard InChI is InChI=1S/C27H37ClN2O5.C16H26N2O5.CH4O/c1-17(14-19-10-11-21(28)23(15-19)33-5)8-6-7-9-20-16-22(34-26(32)30-20)18(2)25-27(3,35-25)13-12-24(31)29-4;1-11(14(21)22)17(4)12(19)8-6-5-7-9-18-13(20)10-16(2,3)15(18)23;1-2/h6-8,10-11,15,18,20,22,25H,9,12-14,16H2,1-5H3,(H,29,31)(H,30,32);11H,5-10H2,1-4H3,(H,21,22);2H,1H3/b7-6+,17-8+;;/t18-,20?,22?,25?,27?;;/m1../s1. The maximum atomic E-state index is 12.2. The molecule has 1 aromatic rings. The number of allylic oxidation sites excluding steroid dienone is 3. The number of epoxide rings is 1. The number of hydrogen-bond donors (Lipinski definition) is 4. The molecule has 3 aliphatic rings. The van der Waals surface area contributed by atoms with Gasteiger partial charge >= 0.3 is 12.1 Å². The van der Waals surface area contributed by atoms with E-state index in [1.54, 1.807) is 28.0 Å². The Labute approximate surface area is 360 Å². The van der Waals surface area contributed by atoms with Crippen LogP contribution < -0.4 is 15.4 Å². The van der Waals surface area contributed by atoms with Gasteiger partial charge in [0.05, 0.1) is 29.3 Å². The van der Waals surface area contributed by atoms with Crippen molar-refractivity contribution in [3.63, 3.8) is 0 Å². The summed E-state index contributed by atoms with van der Waals surface area (Å²) in [6.45, 7) is 11.6. The average Bonchev–Trinajstić information content (AvgIpc) is 3.85. The van der Waals surface area contributed by atoms with Crippen molar-refractivity contribution in [2.24, 2.45) is 11.3 Å². The summed E-state index contributed by atoms with van der Waals surface area (Å²) in [5.74, 6) is -0.773. The average molecular weight is 863 g/mol. The van der Waals surface area contributed by atoms with Crippen molar-refractivity contribution in [1.82, 2.24) is 20.4 Å². The number of carboxylic acid groups (broad SMARTS) is 1. The molecule has 5 unspecified atom stereocenters. The number of carbonyl (C=O) groups is 6. The number of cyclic esters (lactones) is 1. The molecule has 0 aliphatic carbocycles. The highest BCUT2D eigenvalue weighted by atomic mass is 35.5. The Morgan fingerprint density at radius 3 is 2.40 bits per heavy atom. The van der Waals surface area contributed by atoms with Gasteiger partial charge in [-0.25, -0.2) is 9.59 Å². The summed E-state index contributed by atoms with van der Waals surface area (Å²) < 4.78 is 16.8. The van der Waals surface area contributed by atoms with E-state index in [1.165, 1.54) is 29.3 Å². The number of rotatable bonds is 19. The molecule has 0 spiro atoms. The van der Waals surface area contributed by atoms with Gasteiger partial charge in [0.2, 0.25) is 23.6 Å². The minimum Gasteiger partial charge on any atom is -0.495 e. The molecule has 4 rings (SSSR count). The lowest BCUT2D eigenvalue weighted by molar-refractivity contribution is -0.148. The lowest BCUT2D eigenvalue weighted by Gasteiger charge is -2.33. The summed E-state index contributed by atoms with van der Waals surface area (Å²) in [6.07, 6.45) is 11.4. The SMILES string of the molecule is CC(C(=O)O)N(C)C(=O)CCCCCN1C(=O)CC(C)(C)C1=O.CNC(=O)CCC1(C)OC1[C@H](C)C1CC(C/C=C/C=C(\C)Cc2ccc(Cl)c(OC)c2)NC(=O)O1.CO. The normalized spacial score (nSPS) is 22.9. The molecule has 0 saturated carbocycles. The van der Waals surface area contributed by atoms with Crippen molar-refractivity contribution in [2.45, 2.75) is 136 Å². The zero-order chi connectivity index (χ0) is 45.4. The number of aliphatic carboxylic acids is 1. The van der Waals surface area contributed by atoms with Crippen LogP contribution in [0.3, 0.4) is 0 Å². The Morgan fingerprint density at radius 1 is 1.12 bits per heavy atom. The number of methoxy groups -OCH3 is 1. The smallest absolute Gasteiger partial charge is 0.407 e. The van der Waals surface area contributed by atoms with Crippen molar-refractivity contribution in [3.05, 3.63) is 52.6 Å². The number of carboxylic acids is 1. The van der Waals surface area contributed by atoms with Crippen LogP contribution in [0, 0.1) is 11.3 Å². The number of ether oxygens (including phenoxy) is 3. The number of amides is 5. The van der Waals surface area contributed by atoms with Gasteiger partial charge in [-0.3, -0.25) is 24.1 Å². The van der Waals surface area contributed by atoms with Crippen LogP contribution in [0.15, 0.2) is 42.0 Å². The minimum atomic E-state index is -1.03. The van der Waals surface area contributed by atoms with E-state index >= 15 is 0 Å². The predicted octanol–water partition coefficient (Wildman–Crippen LogP) is 5.84. The van der Waals surface area contributed by atoms with E-state index in [4.69, 9.17) is 36.0 Å². The number of likely N-dealkylation sites (tertiary alicyclic amines) is 1. The fourth-order valence-electron chi connectivity index (χ4n) is 7.21. The quantitative estimate of drug-likeness (QED) is 0.0563. The molecular formula is C44H67ClN4O11. The van der Waals surface area contributed by atoms with E-state index in [1.807, 2.05) is 31.2 Å². The first-order chi connectivity index (χ1) is 28.2. The molecule has 3 aliphatic heterocycles. The lowest BCUT2D eigenvalue weighted by atomic mass is 9.86. The summed E-state index contributed by atoms with van der Waals surface area (Å²) in [5, 5.41) is 22.0. The number of nitrogens with zero attached hydrogens (tertiary/aromatic N) is 2. The van der Waals surface area contributed by atoms with Crippen LogP contribution in [0.4, 0.5) is 4.79 Å². The van der Waals surface area contributed by atoms with Crippen molar-refractivity contribution >= 4 is 47.3 Å². The Kier molecular flexibility index (Phi) is 20.7. The first-order valence-electron chi connectivity index (χ1n) is 20.5. The van der Waals surface area contributed by atoms with Crippen LogP contribution >= 0.6 is 11.6 Å². The number of aliphatic hydroxyl groups excluding tert-OH is 1. The minimum absolute atomic E-state index is 0.00468. The summed E-state index contributed by atoms with van der Waals surface area (Å²) in [7, 11) is 5.72. The van der Waals surface area contributed by atoms with E-state index in [2.05, 4.69) is 36.6 Å². The number of benzene rings is 1. The van der Waals surface area contributed by atoms with Crippen LogP contribution in [0.2, 0.25) is 5.02 Å². The van der Waals surface area contributed by atoms with Gasteiger partial charge < -0.3 is 40.0 Å². The van der Waals surface area contributed by atoms with Crippen LogP contribution in [0.1, 0.15) is 105 Å². The van der Waals surface area contributed by atoms with Gasteiger partial charge in [0.25, 0.3) is 0 Å². The molecule has 336 valence electrons. The van der Waals surface area contributed by atoms with E-state index in [9.17, 15) is 28.8 Å². The second kappa shape index (κ2) is 24.1. The molecule has 0 radical (unpaired) electrons. The van der Waals surface area contributed by atoms with E-state index in [0.29, 0.717) is 49.4 Å². The van der Waals surface area contributed by atoms with Crippen molar-refractivity contribution in [1.29, 1.82) is 0 Å². The molecule has 3 saturated heterocycles. The fourth-order valence-corrected chi connectivity index (χ4v) is 7.40. The largest absolute Gasteiger partial charge is 0.495 e. The highest BCUT2D eigenvalue weighted by molar-refractivity contribution is 6.32. The number of halogens is 1. The molecule has 1 aromatic carbocycles.